The third-order valence-electron chi connectivity index (χ3n) is 2.26. The van der Waals surface area contributed by atoms with E-state index in [1.54, 1.807) is 0 Å². The number of hydrogen-bond acceptors (Lipinski definition) is 4. The van der Waals surface area contributed by atoms with Gasteiger partial charge in [0.25, 0.3) is 0 Å². The van der Waals surface area contributed by atoms with E-state index >= 15 is 0 Å². The number of ether oxygens (including phenoxy) is 1. The topological polar surface area (TPSA) is 84.5 Å². The molecule has 0 bridgehead atoms. The van der Waals surface area contributed by atoms with Crippen LogP contribution in [0, 0.1) is 0 Å². The van der Waals surface area contributed by atoms with Crippen LogP contribution >= 0.6 is 0 Å². The van der Waals surface area contributed by atoms with Crippen molar-refractivity contribution in [1.82, 2.24) is 4.72 Å². The summed E-state index contributed by atoms with van der Waals surface area (Å²) in [7, 11) is -2.11. The summed E-state index contributed by atoms with van der Waals surface area (Å²) in [6, 6.07) is 5.89. The summed E-state index contributed by atoms with van der Waals surface area (Å²) < 4.78 is 30.4. The monoisotopic (exact) mass is 286 g/mol. The average molecular weight is 286 g/mol. The molecule has 0 saturated heterocycles. The van der Waals surface area contributed by atoms with E-state index in [-0.39, 0.29) is 23.5 Å². The fourth-order valence-corrected chi connectivity index (χ4v) is 2.00. The minimum Gasteiger partial charge on any atom is -0.369 e. The number of anilines is 1. The highest BCUT2D eigenvalue weighted by atomic mass is 32.2. The van der Waals surface area contributed by atoms with Crippen LogP contribution in [0.3, 0.4) is 0 Å². The Bertz CT molecular complexity index is 523. The Morgan fingerprint density at radius 1 is 1.26 bits per heavy atom. The van der Waals surface area contributed by atoms with Crippen LogP contribution < -0.4 is 10.0 Å². The van der Waals surface area contributed by atoms with Crippen molar-refractivity contribution in [3.8, 4) is 0 Å². The Morgan fingerprint density at radius 2 is 1.84 bits per heavy atom. The molecule has 6 nitrogen and oxygen atoms in total. The zero-order chi connectivity index (χ0) is 14.5. The lowest BCUT2D eigenvalue weighted by molar-refractivity contribution is -0.121. The maximum absolute atomic E-state index is 11.5. The third kappa shape index (κ3) is 4.98. The zero-order valence-electron chi connectivity index (χ0n) is 11.1. The second kappa shape index (κ2) is 6.65. The van der Waals surface area contributed by atoms with Gasteiger partial charge in [-0.1, -0.05) is 0 Å². The molecule has 0 unspecified atom stereocenters. The van der Waals surface area contributed by atoms with Crippen molar-refractivity contribution in [3.63, 3.8) is 0 Å². The lowest BCUT2D eigenvalue weighted by Crippen LogP contribution is -2.21. The van der Waals surface area contributed by atoms with Crippen molar-refractivity contribution in [2.75, 3.05) is 19.0 Å². The number of carbonyl (C=O) groups is 1. The van der Waals surface area contributed by atoms with Gasteiger partial charge < -0.3 is 10.1 Å². The van der Waals surface area contributed by atoms with E-state index in [1.807, 2.05) is 13.8 Å². The van der Waals surface area contributed by atoms with E-state index < -0.39 is 10.0 Å². The van der Waals surface area contributed by atoms with Gasteiger partial charge in [0.1, 0.15) is 6.61 Å². The first-order valence-electron chi connectivity index (χ1n) is 5.80. The molecule has 1 aromatic rings. The molecule has 0 aliphatic heterocycles. The number of carbonyl (C=O) groups excluding carboxylic acids is 1. The van der Waals surface area contributed by atoms with Crippen LogP contribution in [0.15, 0.2) is 29.2 Å². The molecule has 106 valence electrons. The average Bonchev–Trinajstić information content (AvgIpc) is 2.37. The molecule has 1 aromatic carbocycles. The van der Waals surface area contributed by atoms with Gasteiger partial charge in [0, 0.05) is 5.69 Å². The predicted octanol–water partition coefficient (Wildman–Crippen LogP) is 0.958. The number of benzene rings is 1. The smallest absolute Gasteiger partial charge is 0.250 e. The highest BCUT2D eigenvalue weighted by molar-refractivity contribution is 7.89. The van der Waals surface area contributed by atoms with Gasteiger partial charge in [-0.15, -0.1) is 0 Å². The summed E-state index contributed by atoms with van der Waals surface area (Å²) in [5, 5.41) is 2.61. The normalized spacial score (nSPS) is 11.6. The van der Waals surface area contributed by atoms with E-state index in [0.717, 1.165) is 0 Å². The van der Waals surface area contributed by atoms with Crippen LogP contribution in [0.25, 0.3) is 0 Å². The van der Waals surface area contributed by atoms with E-state index in [1.165, 1.54) is 31.3 Å². The minimum atomic E-state index is -3.45. The highest BCUT2D eigenvalue weighted by Gasteiger charge is 2.11. The molecule has 0 spiro atoms. The summed E-state index contributed by atoms with van der Waals surface area (Å²) in [5.41, 5.74) is 0.521. The lowest BCUT2D eigenvalue weighted by atomic mass is 10.3. The molecule has 0 saturated carbocycles. The number of sulfonamides is 1. The standard InChI is InChI=1S/C12H18N2O4S/c1-9(2)18-8-12(15)14-10-4-6-11(7-5-10)19(16,17)13-3/h4-7,9,13H,8H2,1-3H3,(H,14,15). The van der Waals surface area contributed by atoms with Gasteiger partial charge in [-0.05, 0) is 45.2 Å². The SMILES string of the molecule is CNS(=O)(=O)c1ccc(NC(=O)COC(C)C)cc1. The van der Waals surface area contributed by atoms with Gasteiger partial charge in [-0.2, -0.15) is 0 Å². The van der Waals surface area contributed by atoms with Crippen LogP contribution in [0.2, 0.25) is 0 Å². The second-order valence-corrected chi connectivity index (χ2v) is 6.03. The first-order valence-corrected chi connectivity index (χ1v) is 7.28. The molecule has 1 rings (SSSR count). The summed E-state index contributed by atoms with van der Waals surface area (Å²) in [6.45, 7) is 3.64. The van der Waals surface area contributed by atoms with E-state index in [9.17, 15) is 13.2 Å². The van der Waals surface area contributed by atoms with Gasteiger partial charge in [0.2, 0.25) is 15.9 Å². The Balaban J connectivity index is 2.65. The minimum absolute atomic E-state index is 0.0195. The molecule has 0 aliphatic rings. The molecular weight excluding hydrogens is 268 g/mol. The molecule has 2 N–H and O–H groups in total. The number of nitrogens with one attached hydrogen (secondary N) is 2. The largest absolute Gasteiger partial charge is 0.369 e. The molecule has 1 amide bonds. The highest BCUT2D eigenvalue weighted by Crippen LogP contribution is 2.13. The lowest BCUT2D eigenvalue weighted by Gasteiger charge is -2.09. The van der Waals surface area contributed by atoms with Crippen molar-refractivity contribution < 1.29 is 17.9 Å². The Kier molecular flexibility index (Phi) is 5.46. The zero-order valence-corrected chi connectivity index (χ0v) is 12.0. The molecule has 0 heterocycles. The van der Waals surface area contributed by atoms with Crippen LogP contribution in [0.4, 0.5) is 5.69 Å². The van der Waals surface area contributed by atoms with Gasteiger partial charge >= 0.3 is 0 Å². The van der Waals surface area contributed by atoms with Gasteiger partial charge in [0.05, 0.1) is 11.0 Å². The van der Waals surface area contributed by atoms with Crippen LogP contribution in [-0.2, 0) is 19.6 Å². The molecule has 0 atom stereocenters. The molecule has 0 fully saturated rings. The van der Waals surface area contributed by atoms with E-state index in [2.05, 4.69) is 10.0 Å². The van der Waals surface area contributed by atoms with Crippen molar-refractivity contribution in [3.05, 3.63) is 24.3 Å². The Morgan fingerprint density at radius 3 is 2.32 bits per heavy atom. The summed E-state index contributed by atoms with van der Waals surface area (Å²) in [5.74, 6) is -0.280. The van der Waals surface area contributed by atoms with E-state index in [4.69, 9.17) is 4.74 Å². The number of rotatable bonds is 6. The summed E-state index contributed by atoms with van der Waals surface area (Å²) in [4.78, 5) is 11.6. The summed E-state index contributed by atoms with van der Waals surface area (Å²) in [6.07, 6.45) is -0.0195. The van der Waals surface area contributed by atoms with Crippen molar-refractivity contribution in [2.45, 2.75) is 24.8 Å². The maximum Gasteiger partial charge on any atom is 0.250 e. The fourth-order valence-electron chi connectivity index (χ4n) is 1.27. The van der Waals surface area contributed by atoms with Crippen molar-refractivity contribution in [2.24, 2.45) is 0 Å². The fraction of sp³-hybridized carbons (Fsp3) is 0.417. The van der Waals surface area contributed by atoms with Gasteiger partial charge in [0.15, 0.2) is 0 Å². The van der Waals surface area contributed by atoms with Crippen LogP contribution in [0.1, 0.15) is 13.8 Å². The molecule has 0 aromatic heterocycles. The quantitative estimate of drug-likeness (QED) is 0.815. The van der Waals surface area contributed by atoms with Gasteiger partial charge in [-0.25, -0.2) is 13.1 Å². The van der Waals surface area contributed by atoms with Crippen LogP contribution in [0.5, 0.6) is 0 Å². The van der Waals surface area contributed by atoms with E-state index in [0.29, 0.717) is 5.69 Å². The molecule has 0 radical (unpaired) electrons. The first kappa shape index (κ1) is 15.6. The van der Waals surface area contributed by atoms with Gasteiger partial charge in [-0.3, -0.25) is 4.79 Å². The Labute approximate surface area is 113 Å². The maximum atomic E-state index is 11.5. The predicted molar refractivity (Wildman–Crippen MR) is 72.4 cm³/mol. The number of amides is 1. The second-order valence-electron chi connectivity index (χ2n) is 4.14. The molecule has 7 heteroatoms. The number of hydrogen-bond donors (Lipinski definition) is 2. The third-order valence-corrected chi connectivity index (χ3v) is 3.70. The Hall–Kier alpha value is -1.44. The van der Waals surface area contributed by atoms with Crippen molar-refractivity contribution >= 4 is 21.6 Å². The van der Waals surface area contributed by atoms with Crippen molar-refractivity contribution in [1.29, 1.82) is 0 Å². The van der Waals surface area contributed by atoms with Crippen LogP contribution in [-0.4, -0.2) is 34.1 Å². The molecule has 0 aliphatic carbocycles. The molecule has 19 heavy (non-hydrogen) atoms. The molecular formula is C12H18N2O4S. The first-order chi connectivity index (χ1) is 8.85. The summed E-state index contributed by atoms with van der Waals surface area (Å²) >= 11 is 0.